The van der Waals surface area contributed by atoms with Crippen LogP contribution < -0.4 is 4.90 Å². The Balaban J connectivity index is 1.82. The van der Waals surface area contributed by atoms with Crippen molar-refractivity contribution in [3.63, 3.8) is 0 Å². The van der Waals surface area contributed by atoms with Crippen LogP contribution in [0.25, 0.3) is 11.3 Å². The first-order valence-corrected chi connectivity index (χ1v) is 7.22. The van der Waals surface area contributed by atoms with E-state index in [1.54, 1.807) is 16.8 Å². The lowest BCUT2D eigenvalue weighted by molar-refractivity contribution is -0.130. The average molecular weight is 318 g/mol. The van der Waals surface area contributed by atoms with Gasteiger partial charge in [0, 0.05) is 32.6 Å². The number of halogens is 2. The van der Waals surface area contributed by atoms with Gasteiger partial charge in [-0.1, -0.05) is 0 Å². The van der Waals surface area contributed by atoms with Gasteiger partial charge in [0.25, 0.3) is 0 Å². The molecule has 2 aromatic rings. The van der Waals surface area contributed by atoms with Crippen molar-refractivity contribution in [1.29, 1.82) is 0 Å². The lowest BCUT2D eigenvalue weighted by Gasteiger charge is -2.44. The summed E-state index contributed by atoms with van der Waals surface area (Å²) in [5.74, 6) is -0.748. The highest BCUT2D eigenvalue weighted by molar-refractivity contribution is 5.74. The van der Waals surface area contributed by atoms with Crippen molar-refractivity contribution in [1.82, 2.24) is 14.9 Å². The average Bonchev–Trinajstić information content (AvgIpc) is 2.48. The second-order valence-corrected chi connectivity index (χ2v) is 5.56. The van der Waals surface area contributed by atoms with Gasteiger partial charge >= 0.3 is 0 Å². The van der Waals surface area contributed by atoms with E-state index in [1.807, 2.05) is 0 Å². The zero-order chi connectivity index (χ0) is 16.6. The fraction of sp³-hybridized carbons (Fsp3) is 0.312. The number of rotatable bonds is 3. The normalized spacial score (nSPS) is 14.5. The summed E-state index contributed by atoms with van der Waals surface area (Å²) in [4.78, 5) is 22.7. The third-order valence-corrected chi connectivity index (χ3v) is 4.09. The molecule has 1 aromatic heterocycles. The van der Waals surface area contributed by atoms with E-state index in [0.29, 0.717) is 18.7 Å². The van der Waals surface area contributed by atoms with Crippen LogP contribution in [0.4, 0.5) is 14.6 Å². The quantitative estimate of drug-likeness (QED) is 0.869. The summed E-state index contributed by atoms with van der Waals surface area (Å²) in [7, 11) is 1.73. The van der Waals surface area contributed by atoms with E-state index in [-0.39, 0.29) is 29.3 Å². The molecule has 1 aromatic carbocycles. The maximum atomic E-state index is 14.7. The molecule has 120 valence electrons. The largest absolute Gasteiger partial charge is 0.350 e. The van der Waals surface area contributed by atoms with Crippen molar-refractivity contribution >= 4 is 11.7 Å². The van der Waals surface area contributed by atoms with E-state index < -0.39 is 5.82 Å². The first kappa shape index (κ1) is 15.3. The molecule has 23 heavy (non-hydrogen) atoms. The fourth-order valence-corrected chi connectivity index (χ4v) is 2.52. The van der Waals surface area contributed by atoms with Crippen LogP contribution in [-0.2, 0) is 4.79 Å². The van der Waals surface area contributed by atoms with Crippen molar-refractivity contribution in [3.8, 4) is 11.3 Å². The molecule has 0 saturated carbocycles. The molecule has 0 bridgehead atoms. The smallest absolute Gasteiger partial charge is 0.219 e. The van der Waals surface area contributed by atoms with Gasteiger partial charge in [-0.25, -0.2) is 18.7 Å². The van der Waals surface area contributed by atoms with Crippen molar-refractivity contribution in [2.75, 3.05) is 25.0 Å². The summed E-state index contributed by atoms with van der Waals surface area (Å²) in [6.07, 6.45) is 1.29. The molecule has 1 aliphatic rings. The van der Waals surface area contributed by atoms with Gasteiger partial charge in [0.1, 0.15) is 17.8 Å². The molecule has 1 aliphatic heterocycles. The molecule has 0 N–H and O–H groups in total. The standard InChI is InChI=1S/C16H16F2N4O/c1-10(23)21(2)13-7-22(8-13)16-14(18)15(19-9-20-16)11-3-5-12(17)6-4-11/h3-6,9,13H,7-8H2,1-2H3. The van der Waals surface area contributed by atoms with Crippen LogP contribution in [0.3, 0.4) is 0 Å². The van der Waals surface area contributed by atoms with Gasteiger partial charge < -0.3 is 9.80 Å². The van der Waals surface area contributed by atoms with E-state index in [9.17, 15) is 13.6 Å². The van der Waals surface area contributed by atoms with Gasteiger partial charge in [-0.05, 0) is 24.3 Å². The molecular formula is C16H16F2N4O. The summed E-state index contributed by atoms with van der Waals surface area (Å²) >= 11 is 0. The molecule has 1 fully saturated rings. The lowest BCUT2D eigenvalue weighted by atomic mass is 10.1. The number of likely N-dealkylation sites (N-methyl/N-ethyl adjacent to an activating group) is 1. The molecule has 3 rings (SSSR count). The number of anilines is 1. The number of hydrogen-bond donors (Lipinski definition) is 0. The van der Waals surface area contributed by atoms with Crippen LogP contribution in [0.5, 0.6) is 0 Å². The maximum absolute atomic E-state index is 14.7. The molecule has 5 nitrogen and oxygen atoms in total. The minimum absolute atomic E-state index is 0.0233. The second kappa shape index (κ2) is 5.91. The Hall–Kier alpha value is -2.57. The highest BCUT2D eigenvalue weighted by Crippen LogP contribution is 2.29. The van der Waals surface area contributed by atoms with Crippen LogP contribution in [0, 0.1) is 11.6 Å². The van der Waals surface area contributed by atoms with Gasteiger partial charge in [0.2, 0.25) is 5.91 Å². The number of aromatic nitrogens is 2. The van der Waals surface area contributed by atoms with Gasteiger partial charge in [-0.15, -0.1) is 0 Å². The molecule has 0 atom stereocenters. The Kier molecular flexibility index (Phi) is 3.94. The van der Waals surface area contributed by atoms with Crippen LogP contribution in [0.1, 0.15) is 6.92 Å². The third-order valence-electron chi connectivity index (χ3n) is 4.09. The maximum Gasteiger partial charge on any atom is 0.219 e. The summed E-state index contributed by atoms with van der Waals surface area (Å²) < 4.78 is 27.7. The molecule has 0 aliphatic carbocycles. The van der Waals surface area contributed by atoms with Gasteiger partial charge in [-0.3, -0.25) is 4.79 Å². The first-order chi connectivity index (χ1) is 11.0. The summed E-state index contributed by atoms with van der Waals surface area (Å²) in [5.41, 5.74) is 0.629. The molecule has 0 unspecified atom stereocenters. The Bertz CT molecular complexity index is 729. The topological polar surface area (TPSA) is 49.3 Å². The molecule has 1 amide bonds. The van der Waals surface area contributed by atoms with Crippen LogP contribution in [-0.4, -0.2) is 47.0 Å². The van der Waals surface area contributed by atoms with Crippen molar-refractivity contribution < 1.29 is 13.6 Å². The minimum atomic E-state index is -0.539. The summed E-state index contributed by atoms with van der Waals surface area (Å²) in [6, 6.07) is 5.53. The monoisotopic (exact) mass is 318 g/mol. The predicted molar refractivity (Wildman–Crippen MR) is 81.8 cm³/mol. The van der Waals surface area contributed by atoms with Crippen LogP contribution >= 0.6 is 0 Å². The van der Waals surface area contributed by atoms with E-state index in [1.165, 1.54) is 37.5 Å². The number of amides is 1. The van der Waals surface area contributed by atoms with Crippen LogP contribution in [0.2, 0.25) is 0 Å². The highest BCUT2D eigenvalue weighted by Gasteiger charge is 2.34. The molecule has 1 saturated heterocycles. The number of hydrogen-bond acceptors (Lipinski definition) is 4. The zero-order valence-corrected chi connectivity index (χ0v) is 12.8. The molecule has 7 heteroatoms. The predicted octanol–water partition coefficient (Wildman–Crippen LogP) is 2.09. The van der Waals surface area contributed by atoms with E-state index in [0.717, 1.165) is 0 Å². The fourth-order valence-electron chi connectivity index (χ4n) is 2.52. The molecule has 2 heterocycles. The van der Waals surface area contributed by atoms with E-state index in [4.69, 9.17) is 0 Å². The lowest BCUT2D eigenvalue weighted by Crippen LogP contribution is -2.60. The first-order valence-electron chi connectivity index (χ1n) is 7.22. The van der Waals surface area contributed by atoms with Gasteiger partial charge in [-0.2, -0.15) is 0 Å². The molecule has 0 spiro atoms. The second-order valence-electron chi connectivity index (χ2n) is 5.56. The number of carbonyl (C=O) groups is 1. The summed E-state index contributed by atoms with van der Waals surface area (Å²) in [6.45, 7) is 2.54. The third kappa shape index (κ3) is 2.86. The van der Waals surface area contributed by atoms with E-state index >= 15 is 0 Å². The van der Waals surface area contributed by atoms with Crippen molar-refractivity contribution in [2.45, 2.75) is 13.0 Å². The molecule has 0 radical (unpaired) electrons. The number of benzene rings is 1. The number of carbonyl (C=O) groups excluding carboxylic acids is 1. The Morgan fingerprint density at radius 3 is 2.48 bits per heavy atom. The minimum Gasteiger partial charge on any atom is -0.350 e. The van der Waals surface area contributed by atoms with Gasteiger partial charge in [0.05, 0.1) is 6.04 Å². The SMILES string of the molecule is CC(=O)N(C)C1CN(c2ncnc(-c3ccc(F)cc3)c2F)C1. The van der Waals surface area contributed by atoms with Gasteiger partial charge in [0.15, 0.2) is 11.6 Å². The highest BCUT2D eigenvalue weighted by atomic mass is 19.1. The van der Waals surface area contributed by atoms with E-state index in [2.05, 4.69) is 9.97 Å². The van der Waals surface area contributed by atoms with Crippen LogP contribution in [0.15, 0.2) is 30.6 Å². The van der Waals surface area contributed by atoms with Crippen molar-refractivity contribution in [3.05, 3.63) is 42.2 Å². The number of nitrogens with zero attached hydrogens (tertiary/aromatic N) is 4. The Morgan fingerprint density at radius 1 is 1.22 bits per heavy atom. The Morgan fingerprint density at radius 2 is 1.87 bits per heavy atom. The molecular weight excluding hydrogens is 302 g/mol. The zero-order valence-electron chi connectivity index (χ0n) is 12.8. The van der Waals surface area contributed by atoms with Crippen molar-refractivity contribution in [2.24, 2.45) is 0 Å². The summed E-state index contributed by atoms with van der Waals surface area (Å²) in [5, 5.41) is 0. The Labute approximate surface area is 132 Å².